The van der Waals surface area contributed by atoms with Gasteiger partial charge in [0.15, 0.2) is 0 Å². The molecule has 2 N–H and O–H groups in total. The van der Waals surface area contributed by atoms with Gasteiger partial charge in [-0.15, -0.1) is 0 Å². The summed E-state index contributed by atoms with van der Waals surface area (Å²) in [7, 11) is 0. The number of carboxylic acid groups (broad SMARTS) is 1. The highest BCUT2D eigenvalue weighted by molar-refractivity contribution is 5.88. The predicted octanol–water partition coefficient (Wildman–Crippen LogP) is 3.28. The van der Waals surface area contributed by atoms with E-state index in [1.807, 2.05) is 6.92 Å². The highest BCUT2D eigenvalue weighted by Gasteiger charge is 2.10. The fraction of sp³-hybridized carbons (Fsp3) is 0.333. The van der Waals surface area contributed by atoms with Crippen LogP contribution in [0.2, 0.25) is 0 Å². The molecule has 0 atom stereocenters. The largest absolute Gasteiger partial charge is 0.478 e. The molecule has 2 aromatic rings. The molecule has 1 aromatic heterocycles. The number of aromatic nitrogens is 2. The fourth-order valence-electron chi connectivity index (χ4n) is 1.99. The molecule has 4 nitrogen and oxygen atoms in total. The lowest BCUT2D eigenvalue weighted by Gasteiger charge is -2.01. The molecule has 0 aliphatic rings. The quantitative estimate of drug-likeness (QED) is 0.884. The fourth-order valence-corrected chi connectivity index (χ4v) is 1.99. The van der Waals surface area contributed by atoms with Crippen LogP contribution in [0.5, 0.6) is 0 Å². The van der Waals surface area contributed by atoms with Crippen LogP contribution >= 0.6 is 0 Å². The molecule has 100 valence electrons. The summed E-state index contributed by atoms with van der Waals surface area (Å²) < 4.78 is 0. The molecule has 0 aliphatic heterocycles. The van der Waals surface area contributed by atoms with Gasteiger partial charge in [0, 0.05) is 11.3 Å². The molecule has 0 spiro atoms. The molecule has 0 aliphatic carbocycles. The van der Waals surface area contributed by atoms with Crippen molar-refractivity contribution in [2.75, 3.05) is 0 Å². The average molecular weight is 258 g/mol. The van der Waals surface area contributed by atoms with Gasteiger partial charge < -0.3 is 10.1 Å². The zero-order chi connectivity index (χ0) is 14.0. The molecule has 19 heavy (non-hydrogen) atoms. The van der Waals surface area contributed by atoms with E-state index in [1.54, 1.807) is 24.3 Å². The minimum Gasteiger partial charge on any atom is -0.478 e. The number of carboxylic acids is 1. The number of nitrogens with zero attached hydrogens (tertiary/aromatic N) is 1. The van der Waals surface area contributed by atoms with Crippen LogP contribution in [0.25, 0.3) is 11.4 Å². The summed E-state index contributed by atoms with van der Waals surface area (Å²) in [4.78, 5) is 18.7. The molecule has 2 rings (SSSR count). The summed E-state index contributed by atoms with van der Waals surface area (Å²) in [5, 5.41) is 8.87. The van der Waals surface area contributed by atoms with Gasteiger partial charge in [0.05, 0.1) is 11.3 Å². The Hall–Kier alpha value is -2.10. The third kappa shape index (κ3) is 3.02. The first-order valence-corrected chi connectivity index (χ1v) is 6.36. The van der Waals surface area contributed by atoms with Crippen molar-refractivity contribution in [3.8, 4) is 11.4 Å². The van der Waals surface area contributed by atoms with E-state index in [-0.39, 0.29) is 5.56 Å². The van der Waals surface area contributed by atoms with Crippen LogP contribution in [0.15, 0.2) is 24.3 Å². The predicted molar refractivity (Wildman–Crippen MR) is 74.3 cm³/mol. The first-order valence-electron chi connectivity index (χ1n) is 6.36. The van der Waals surface area contributed by atoms with Crippen LogP contribution in [-0.2, 0) is 6.42 Å². The zero-order valence-corrected chi connectivity index (χ0v) is 11.4. The molecular weight excluding hydrogens is 240 g/mol. The second kappa shape index (κ2) is 5.26. The number of imidazole rings is 1. The first-order chi connectivity index (χ1) is 8.97. The molecular formula is C15H18N2O2. The topological polar surface area (TPSA) is 66.0 Å². The number of benzene rings is 1. The van der Waals surface area contributed by atoms with Gasteiger partial charge in [-0.25, -0.2) is 9.78 Å². The van der Waals surface area contributed by atoms with Crippen LogP contribution < -0.4 is 0 Å². The van der Waals surface area contributed by atoms with Crippen molar-refractivity contribution in [1.29, 1.82) is 0 Å². The number of aryl methyl sites for hydroxylation is 1. The number of H-pyrrole nitrogens is 1. The molecule has 0 unspecified atom stereocenters. The lowest BCUT2D eigenvalue weighted by molar-refractivity contribution is 0.0697. The summed E-state index contributed by atoms with van der Waals surface area (Å²) in [5.41, 5.74) is 3.34. The average Bonchev–Trinajstić information content (AvgIpc) is 2.70. The minimum absolute atomic E-state index is 0.287. The Kier molecular flexibility index (Phi) is 3.69. The Bertz CT molecular complexity index is 583. The lowest BCUT2D eigenvalue weighted by Crippen LogP contribution is -1.96. The monoisotopic (exact) mass is 258 g/mol. The molecule has 0 saturated heterocycles. The maximum Gasteiger partial charge on any atom is 0.335 e. The van der Waals surface area contributed by atoms with Crippen molar-refractivity contribution in [1.82, 2.24) is 9.97 Å². The van der Waals surface area contributed by atoms with Crippen molar-refractivity contribution in [3.63, 3.8) is 0 Å². The van der Waals surface area contributed by atoms with E-state index >= 15 is 0 Å². The van der Waals surface area contributed by atoms with Crippen molar-refractivity contribution >= 4 is 5.97 Å². The van der Waals surface area contributed by atoms with Crippen LogP contribution in [0.1, 0.15) is 35.6 Å². The van der Waals surface area contributed by atoms with Gasteiger partial charge in [0.2, 0.25) is 0 Å². The molecule has 0 saturated carbocycles. The second-order valence-corrected chi connectivity index (χ2v) is 5.14. The number of aromatic carboxylic acids is 1. The van der Waals surface area contributed by atoms with Gasteiger partial charge in [0.1, 0.15) is 5.82 Å². The van der Waals surface area contributed by atoms with Crippen LogP contribution in [0.4, 0.5) is 0 Å². The normalized spacial score (nSPS) is 10.9. The summed E-state index contributed by atoms with van der Waals surface area (Å²) in [5.74, 6) is 0.442. The van der Waals surface area contributed by atoms with Crippen molar-refractivity contribution in [2.45, 2.75) is 27.2 Å². The second-order valence-electron chi connectivity index (χ2n) is 5.14. The Morgan fingerprint density at radius 2 is 1.95 bits per heavy atom. The highest BCUT2D eigenvalue weighted by Crippen LogP contribution is 2.20. The highest BCUT2D eigenvalue weighted by atomic mass is 16.4. The Morgan fingerprint density at radius 1 is 1.32 bits per heavy atom. The van der Waals surface area contributed by atoms with E-state index in [2.05, 4.69) is 23.8 Å². The van der Waals surface area contributed by atoms with Crippen LogP contribution in [0.3, 0.4) is 0 Å². The van der Waals surface area contributed by atoms with Crippen molar-refractivity contribution < 1.29 is 9.90 Å². The van der Waals surface area contributed by atoms with Gasteiger partial charge in [-0.3, -0.25) is 0 Å². The van der Waals surface area contributed by atoms with E-state index < -0.39 is 5.97 Å². The van der Waals surface area contributed by atoms with Gasteiger partial charge in [0.25, 0.3) is 0 Å². The van der Waals surface area contributed by atoms with E-state index in [4.69, 9.17) is 5.11 Å². The number of hydrogen-bond donors (Lipinski definition) is 2. The smallest absolute Gasteiger partial charge is 0.335 e. The first kappa shape index (κ1) is 13.3. The summed E-state index contributed by atoms with van der Waals surface area (Å²) in [6, 6.07) is 6.75. The summed E-state index contributed by atoms with van der Waals surface area (Å²) >= 11 is 0. The molecule has 4 heteroatoms. The Balaban J connectivity index is 2.29. The standard InChI is InChI=1S/C15H18N2O2/c1-9(2)8-13-10(3)16-14(17-13)11-4-6-12(7-5-11)15(18)19/h4-7,9H,8H2,1-3H3,(H,16,17)(H,18,19). The van der Waals surface area contributed by atoms with Crippen LogP contribution in [0, 0.1) is 12.8 Å². The Morgan fingerprint density at radius 3 is 2.47 bits per heavy atom. The van der Waals surface area contributed by atoms with E-state index in [0.29, 0.717) is 5.92 Å². The summed E-state index contributed by atoms with van der Waals surface area (Å²) in [6.45, 7) is 6.34. The number of nitrogens with one attached hydrogen (secondary N) is 1. The van der Waals surface area contributed by atoms with E-state index in [1.165, 1.54) is 0 Å². The summed E-state index contributed by atoms with van der Waals surface area (Å²) in [6.07, 6.45) is 0.940. The molecule has 0 bridgehead atoms. The number of aromatic amines is 1. The third-order valence-corrected chi connectivity index (χ3v) is 2.99. The SMILES string of the molecule is Cc1[nH]c(-c2ccc(C(=O)O)cc2)nc1CC(C)C. The zero-order valence-electron chi connectivity index (χ0n) is 11.4. The van der Waals surface area contributed by atoms with Crippen LogP contribution in [-0.4, -0.2) is 21.0 Å². The lowest BCUT2D eigenvalue weighted by atomic mass is 10.1. The molecule has 0 amide bonds. The maximum atomic E-state index is 10.8. The number of rotatable bonds is 4. The maximum absolute atomic E-state index is 10.8. The third-order valence-electron chi connectivity index (χ3n) is 2.99. The van der Waals surface area contributed by atoms with Gasteiger partial charge in [-0.1, -0.05) is 26.0 Å². The van der Waals surface area contributed by atoms with Gasteiger partial charge in [-0.2, -0.15) is 0 Å². The number of carbonyl (C=O) groups is 1. The molecule has 1 heterocycles. The molecule has 0 radical (unpaired) electrons. The van der Waals surface area contributed by atoms with E-state index in [0.717, 1.165) is 29.2 Å². The van der Waals surface area contributed by atoms with Crippen molar-refractivity contribution in [2.24, 2.45) is 5.92 Å². The van der Waals surface area contributed by atoms with Gasteiger partial charge >= 0.3 is 5.97 Å². The van der Waals surface area contributed by atoms with Gasteiger partial charge in [-0.05, 0) is 31.4 Å². The molecule has 0 fully saturated rings. The minimum atomic E-state index is -0.914. The Labute approximate surface area is 112 Å². The molecule has 1 aromatic carbocycles. The number of hydrogen-bond acceptors (Lipinski definition) is 2. The van der Waals surface area contributed by atoms with Crippen molar-refractivity contribution in [3.05, 3.63) is 41.2 Å². The van der Waals surface area contributed by atoms with E-state index in [9.17, 15) is 4.79 Å².